The third kappa shape index (κ3) is 0.783. The Morgan fingerprint density at radius 1 is 1.70 bits per heavy atom. The van der Waals surface area contributed by atoms with E-state index in [1.165, 1.54) is 0 Å². The monoisotopic (exact) mass is 139 g/mol. The van der Waals surface area contributed by atoms with Gasteiger partial charge < -0.3 is 5.21 Å². The molecule has 2 unspecified atom stereocenters. The van der Waals surface area contributed by atoms with Gasteiger partial charge in [-0.2, -0.15) is 5.43 Å². The summed E-state index contributed by atoms with van der Waals surface area (Å²) >= 11 is 0. The lowest BCUT2D eigenvalue weighted by Crippen LogP contribution is -3.10. The van der Waals surface area contributed by atoms with Crippen LogP contribution in [-0.2, 0) is 0 Å². The van der Waals surface area contributed by atoms with Crippen LogP contribution >= 0.6 is 0 Å². The molecule has 0 aromatic rings. The summed E-state index contributed by atoms with van der Waals surface area (Å²) in [7, 11) is 0. The number of quaternary nitrogens is 1. The van der Waals surface area contributed by atoms with E-state index in [1.807, 2.05) is 18.2 Å². The second kappa shape index (κ2) is 2.17. The molecule has 54 valence electrons. The number of hydroxylamine groups is 1. The molecular formula is C6H9N3O. The van der Waals surface area contributed by atoms with Crippen LogP contribution in [0.2, 0.25) is 0 Å². The van der Waals surface area contributed by atoms with Gasteiger partial charge in [-0.05, 0) is 12.5 Å². The Labute approximate surface area is 58.7 Å². The van der Waals surface area contributed by atoms with Crippen molar-refractivity contribution in [3.63, 3.8) is 0 Å². The van der Waals surface area contributed by atoms with Crippen LogP contribution in [0.1, 0.15) is 6.42 Å². The number of fused-ring (bicyclic) bond motifs is 1. The maximum absolute atomic E-state index is 10.9. The van der Waals surface area contributed by atoms with Crippen LogP contribution in [0.4, 0.5) is 0 Å². The highest BCUT2D eigenvalue weighted by Gasteiger charge is 2.27. The minimum atomic E-state index is 0.00866. The fourth-order valence-electron chi connectivity index (χ4n) is 1.22. The third-order valence-corrected chi connectivity index (χ3v) is 1.78. The standard InChI is InChI=1S/C6H9N3O/c10-9-6-4-2-1-3-5(6)7-8-9/h1-2,4-5,7-9H,3H2. The summed E-state index contributed by atoms with van der Waals surface area (Å²) < 4.78 is 0. The van der Waals surface area contributed by atoms with Gasteiger partial charge in [-0.3, -0.25) is 0 Å². The SMILES string of the molecule is [O-][NH+]1NNC2CC=CC=C21. The summed E-state index contributed by atoms with van der Waals surface area (Å²) in [6.45, 7) is 0. The van der Waals surface area contributed by atoms with E-state index in [0.717, 1.165) is 12.1 Å². The number of rotatable bonds is 0. The average Bonchev–Trinajstić information content (AvgIpc) is 2.34. The molecule has 0 aromatic carbocycles. The Hall–Kier alpha value is -0.680. The molecule has 1 saturated heterocycles. The van der Waals surface area contributed by atoms with Crippen molar-refractivity contribution in [1.82, 2.24) is 11.0 Å². The Balaban J connectivity index is 2.25. The van der Waals surface area contributed by atoms with Crippen molar-refractivity contribution in [2.75, 3.05) is 0 Å². The van der Waals surface area contributed by atoms with Gasteiger partial charge in [0, 0.05) is 0 Å². The summed E-state index contributed by atoms with van der Waals surface area (Å²) in [5.41, 5.74) is 6.30. The van der Waals surface area contributed by atoms with E-state index in [4.69, 9.17) is 0 Å². The molecule has 0 bridgehead atoms. The number of nitrogens with one attached hydrogen (secondary N) is 3. The molecule has 1 aliphatic carbocycles. The van der Waals surface area contributed by atoms with Crippen molar-refractivity contribution in [2.45, 2.75) is 12.5 Å². The van der Waals surface area contributed by atoms with Gasteiger partial charge in [0.15, 0.2) is 0 Å². The Morgan fingerprint density at radius 2 is 2.60 bits per heavy atom. The molecule has 0 saturated carbocycles. The summed E-state index contributed by atoms with van der Waals surface area (Å²) in [5, 5.41) is 10.9. The molecule has 1 heterocycles. The molecule has 0 aromatic heterocycles. The highest BCUT2D eigenvalue weighted by molar-refractivity contribution is 5.19. The first-order valence-corrected chi connectivity index (χ1v) is 3.30. The van der Waals surface area contributed by atoms with E-state index in [-0.39, 0.29) is 11.2 Å². The molecule has 1 fully saturated rings. The maximum atomic E-state index is 10.9. The number of hydrazine groups is 1. The van der Waals surface area contributed by atoms with Crippen LogP contribution < -0.4 is 16.1 Å². The highest BCUT2D eigenvalue weighted by Crippen LogP contribution is 2.08. The first-order chi connectivity index (χ1) is 4.88. The van der Waals surface area contributed by atoms with E-state index in [0.29, 0.717) is 0 Å². The van der Waals surface area contributed by atoms with Crippen LogP contribution in [0.25, 0.3) is 0 Å². The lowest BCUT2D eigenvalue weighted by atomic mass is 10.1. The first-order valence-electron chi connectivity index (χ1n) is 3.30. The summed E-state index contributed by atoms with van der Waals surface area (Å²) in [6, 6.07) is 0.206. The molecular weight excluding hydrogens is 130 g/mol. The topological polar surface area (TPSA) is 51.6 Å². The summed E-state index contributed by atoms with van der Waals surface area (Å²) in [5.74, 6) is 0. The molecule has 1 aliphatic heterocycles. The normalized spacial score (nSPS) is 37.5. The Bertz CT molecular complexity index is 199. The average molecular weight is 139 g/mol. The van der Waals surface area contributed by atoms with Crippen molar-refractivity contribution >= 4 is 0 Å². The molecule has 10 heavy (non-hydrogen) atoms. The van der Waals surface area contributed by atoms with E-state index in [2.05, 4.69) is 11.0 Å². The highest BCUT2D eigenvalue weighted by atomic mass is 16.6. The van der Waals surface area contributed by atoms with Gasteiger partial charge in [-0.15, -0.1) is 0 Å². The molecule has 4 heteroatoms. The second-order valence-corrected chi connectivity index (χ2v) is 2.44. The first kappa shape index (κ1) is 6.06. The minimum absolute atomic E-state index is 0.00866. The van der Waals surface area contributed by atoms with Crippen LogP contribution in [0.3, 0.4) is 0 Å². The maximum Gasteiger partial charge on any atom is 0.147 e. The zero-order valence-electron chi connectivity index (χ0n) is 5.42. The summed E-state index contributed by atoms with van der Waals surface area (Å²) in [6.07, 6.45) is 6.72. The second-order valence-electron chi connectivity index (χ2n) is 2.44. The lowest BCUT2D eigenvalue weighted by Gasteiger charge is -2.15. The van der Waals surface area contributed by atoms with Crippen LogP contribution in [-0.4, -0.2) is 6.04 Å². The molecule has 2 atom stereocenters. The van der Waals surface area contributed by atoms with Gasteiger partial charge in [0.1, 0.15) is 11.7 Å². The molecule has 2 rings (SSSR count). The Morgan fingerprint density at radius 3 is 3.40 bits per heavy atom. The lowest BCUT2D eigenvalue weighted by molar-refractivity contribution is -0.849. The number of hydrogen-bond acceptors (Lipinski definition) is 3. The summed E-state index contributed by atoms with van der Waals surface area (Å²) in [4.78, 5) is 0. The smallest absolute Gasteiger partial charge is 0.147 e. The van der Waals surface area contributed by atoms with Gasteiger partial charge in [0.25, 0.3) is 0 Å². The van der Waals surface area contributed by atoms with Crippen molar-refractivity contribution in [1.29, 1.82) is 0 Å². The van der Waals surface area contributed by atoms with Crippen molar-refractivity contribution in [3.05, 3.63) is 29.1 Å². The van der Waals surface area contributed by atoms with Crippen molar-refractivity contribution in [3.8, 4) is 0 Å². The van der Waals surface area contributed by atoms with Gasteiger partial charge >= 0.3 is 0 Å². The van der Waals surface area contributed by atoms with Gasteiger partial charge in [-0.1, -0.05) is 17.7 Å². The Kier molecular flexibility index (Phi) is 1.32. The van der Waals surface area contributed by atoms with E-state index >= 15 is 0 Å². The molecule has 0 amide bonds. The molecule has 4 nitrogen and oxygen atoms in total. The van der Waals surface area contributed by atoms with Crippen LogP contribution in [0.5, 0.6) is 0 Å². The minimum Gasteiger partial charge on any atom is -0.607 e. The van der Waals surface area contributed by atoms with Gasteiger partial charge in [0.2, 0.25) is 0 Å². The largest absolute Gasteiger partial charge is 0.607 e. The van der Waals surface area contributed by atoms with Gasteiger partial charge in [-0.25, -0.2) is 5.17 Å². The van der Waals surface area contributed by atoms with Crippen LogP contribution in [0.15, 0.2) is 23.9 Å². The zero-order valence-corrected chi connectivity index (χ0v) is 5.42. The zero-order chi connectivity index (χ0) is 6.97. The molecule has 3 N–H and O–H groups in total. The molecule has 0 spiro atoms. The predicted octanol–water partition coefficient (Wildman–Crippen LogP) is -1.40. The van der Waals surface area contributed by atoms with Crippen molar-refractivity contribution < 1.29 is 5.17 Å². The molecule has 0 radical (unpaired) electrons. The van der Waals surface area contributed by atoms with E-state index in [9.17, 15) is 5.21 Å². The quantitative estimate of drug-likeness (QED) is 0.362. The third-order valence-electron chi connectivity index (χ3n) is 1.78. The fourth-order valence-corrected chi connectivity index (χ4v) is 1.22. The van der Waals surface area contributed by atoms with Crippen molar-refractivity contribution in [2.24, 2.45) is 0 Å². The van der Waals surface area contributed by atoms with Crippen LogP contribution in [0, 0.1) is 5.21 Å². The molecule has 2 aliphatic rings. The van der Waals surface area contributed by atoms with E-state index in [1.54, 1.807) is 0 Å². The van der Waals surface area contributed by atoms with Gasteiger partial charge in [0.05, 0.1) is 0 Å². The fraction of sp³-hybridized carbons (Fsp3) is 0.333. The van der Waals surface area contributed by atoms with E-state index < -0.39 is 0 Å². The number of allylic oxidation sites excluding steroid dienone is 2. The number of hydrogen-bond donors (Lipinski definition) is 3. The predicted molar refractivity (Wildman–Crippen MR) is 36.2 cm³/mol.